The second-order valence-electron chi connectivity index (χ2n) is 2.69. The SMILES string of the molecule is CC1=C(N)N(C)CCC1. The third kappa shape index (κ3) is 1.18. The van der Waals surface area contributed by atoms with Crippen molar-refractivity contribution in [2.75, 3.05) is 13.6 Å². The van der Waals surface area contributed by atoms with E-state index in [4.69, 9.17) is 5.73 Å². The summed E-state index contributed by atoms with van der Waals surface area (Å²) in [6.07, 6.45) is 2.43. The molecule has 0 aromatic rings. The van der Waals surface area contributed by atoms with Gasteiger partial charge in [-0.1, -0.05) is 0 Å². The Bertz CT molecular complexity index is 138. The summed E-state index contributed by atoms with van der Waals surface area (Å²) in [6, 6.07) is 0. The van der Waals surface area contributed by atoms with E-state index in [-0.39, 0.29) is 0 Å². The normalized spacial score (nSPS) is 20.9. The summed E-state index contributed by atoms with van der Waals surface area (Å²) in [5.74, 6) is 0.973. The minimum Gasteiger partial charge on any atom is -0.385 e. The average molecular weight is 126 g/mol. The summed E-state index contributed by atoms with van der Waals surface area (Å²) in [4.78, 5) is 2.11. The average Bonchev–Trinajstić information content (AvgIpc) is 1.83. The molecule has 0 aromatic heterocycles. The van der Waals surface area contributed by atoms with Crippen LogP contribution in [-0.2, 0) is 0 Å². The molecule has 52 valence electrons. The zero-order chi connectivity index (χ0) is 6.85. The molecule has 0 amide bonds. The molecule has 0 saturated carbocycles. The van der Waals surface area contributed by atoms with Gasteiger partial charge in [0, 0.05) is 13.6 Å². The Kier molecular flexibility index (Phi) is 1.65. The fraction of sp³-hybridized carbons (Fsp3) is 0.714. The maximum absolute atomic E-state index is 5.73. The van der Waals surface area contributed by atoms with E-state index in [2.05, 4.69) is 11.8 Å². The summed E-state index contributed by atoms with van der Waals surface area (Å²) in [5, 5.41) is 0. The second kappa shape index (κ2) is 2.29. The Hall–Kier alpha value is -0.660. The van der Waals surface area contributed by atoms with Gasteiger partial charge in [-0.2, -0.15) is 0 Å². The maximum atomic E-state index is 5.73. The van der Waals surface area contributed by atoms with Crippen molar-refractivity contribution in [3.63, 3.8) is 0 Å². The van der Waals surface area contributed by atoms with Crippen LogP contribution in [0.4, 0.5) is 0 Å². The van der Waals surface area contributed by atoms with E-state index in [1.807, 2.05) is 7.05 Å². The van der Waals surface area contributed by atoms with Gasteiger partial charge >= 0.3 is 0 Å². The van der Waals surface area contributed by atoms with Gasteiger partial charge < -0.3 is 10.6 Å². The predicted octanol–water partition coefficient (Wildman–Crippen LogP) is 0.902. The summed E-state index contributed by atoms with van der Waals surface area (Å²) in [7, 11) is 2.04. The van der Waals surface area contributed by atoms with E-state index in [0.717, 1.165) is 12.4 Å². The predicted molar refractivity (Wildman–Crippen MR) is 38.8 cm³/mol. The zero-order valence-corrected chi connectivity index (χ0v) is 6.15. The third-order valence-electron chi connectivity index (χ3n) is 1.89. The highest BCUT2D eigenvalue weighted by Gasteiger charge is 2.09. The minimum atomic E-state index is 0.973. The van der Waals surface area contributed by atoms with Crippen LogP contribution in [-0.4, -0.2) is 18.5 Å². The molecular formula is C7H14N2. The van der Waals surface area contributed by atoms with E-state index in [0.29, 0.717) is 0 Å². The van der Waals surface area contributed by atoms with Crippen LogP contribution in [0.1, 0.15) is 19.8 Å². The molecule has 0 saturated heterocycles. The number of nitrogens with two attached hydrogens (primary N) is 1. The molecule has 2 N–H and O–H groups in total. The number of hydrogen-bond donors (Lipinski definition) is 1. The molecule has 0 unspecified atom stereocenters. The summed E-state index contributed by atoms with van der Waals surface area (Å²) < 4.78 is 0. The molecule has 2 nitrogen and oxygen atoms in total. The van der Waals surface area contributed by atoms with Crippen LogP contribution in [0, 0.1) is 0 Å². The van der Waals surface area contributed by atoms with E-state index in [1.165, 1.54) is 18.4 Å². The molecule has 0 aliphatic carbocycles. The first-order chi connectivity index (χ1) is 4.22. The molecule has 0 radical (unpaired) electrons. The molecule has 1 heterocycles. The molecule has 0 bridgehead atoms. The number of allylic oxidation sites excluding steroid dienone is 1. The molecule has 1 aliphatic heterocycles. The van der Waals surface area contributed by atoms with Crippen LogP contribution in [0.5, 0.6) is 0 Å². The van der Waals surface area contributed by atoms with E-state index >= 15 is 0 Å². The summed E-state index contributed by atoms with van der Waals surface area (Å²) in [5.41, 5.74) is 7.06. The lowest BCUT2D eigenvalue weighted by Crippen LogP contribution is -2.29. The van der Waals surface area contributed by atoms with Crippen molar-refractivity contribution < 1.29 is 0 Å². The Morgan fingerprint density at radius 3 is 2.67 bits per heavy atom. The molecular weight excluding hydrogens is 112 g/mol. The van der Waals surface area contributed by atoms with Crippen LogP contribution in [0.3, 0.4) is 0 Å². The highest BCUT2D eigenvalue weighted by atomic mass is 15.2. The largest absolute Gasteiger partial charge is 0.385 e. The van der Waals surface area contributed by atoms with Crippen molar-refractivity contribution >= 4 is 0 Å². The molecule has 0 aromatic carbocycles. The van der Waals surface area contributed by atoms with Crippen molar-refractivity contribution in [2.45, 2.75) is 19.8 Å². The van der Waals surface area contributed by atoms with Crippen LogP contribution in [0.25, 0.3) is 0 Å². The van der Waals surface area contributed by atoms with Gasteiger partial charge in [-0.15, -0.1) is 0 Å². The first kappa shape index (κ1) is 6.46. The van der Waals surface area contributed by atoms with E-state index < -0.39 is 0 Å². The van der Waals surface area contributed by atoms with E-state index in [1.54, 1.807) is 0 Å². The van der Waals surface area contributed by atoms with Crippen LogP contribution >= 0.6 is 0 Å². The quantitative estimate of drug-likeness (QED) is 0.522. The Labute approximate surface area is 56.3 Å². The molecule has 0 fully saturated rings. The number of hydrogen-bond acceptors (Lipinski definition) is 2. The van der Waals surface area contributed by atoms with Gasteiger partial charge in [-0.3, -0.25) is 0 Å². The van der Waals surface area contributed by atoms with Crippen LogP contribution in [0.2, 0.25) is 0 Å². The highest BCUT2D eigenvalue weighted by molar-refractivity contribution is 5.09. The Morgan fingerprint density at radius 2 is 2.22 bits per heavy atom. The monoisotopic (exact) mass is 126 g/mol. The van der Waals surface area contributed by atoms with Gasteiger partial charge in [-0.25, -0.2) is 0 Å². The second-order valence-corrected chi connectivity index (χ2v) is 2.69. The first-order valence-electron chi connectivity index (χ1n) is 3.38. The van der Waals surface area contributed by atoms with Crippen LogP contribution in [0.15, 0.2) is 11.4 Å². The fourth-order valence-electron chi connectivity index (χ4n) is 1.16. The maximum Gasteiger partial charge on any atom is 0.0972 e. The van der Waals surface area contributed by atoms with Gasteiger partial charge in [0.2, 0.25) is 0 Å². The lowest BCUT2D eigenvalue weighted by atomic mass is 10.1. The summed E-state index contributed by atoms with van der Waals surface area (Å²) >= 11 is 0. The smallest absolute Gasteiger partial charge is 0.0972 e. The van der Waals surface area contributed by atoms with Gasteiger partial charge in [0.05, 0.1) is 5.82 Å². The summed E-state index contributed by atoms with van der Waals surface area (Å²) in [6.45, 7) is 3.22. The van der Waals surface area contributed by atoms with Crippen molar-refractivity contribution in [3.8, 4) is 0 Å². The van der Waals surface area contributed by atoms with Crippen molar-refractivity contribution in [1.82, 2.24) is 4.90 Å². The number of rotatable bonds is 0. The van der Waals surface area contributed by atoms with Gasteiger partial charge in [0.15, 0.2) is 0 Å². The van der Waals surface area contributed by atoms with Crippen molar-refractivity contribution in [1.29, 1.82) is 0 Å². The molecule has 9 heavy (non-hydrogen) atoms. The minimum absolute atomic E-state index is 0.973. The molecule has 1 rings (SSSR count). The topological polar surface area (TPSA) is 29.3 Å². The third-order valence-corrected chi connectivity index (χ3v) is 1.89. The lowest BCUT2D eigenvalue weighted by molar-refractivity contribution is 0.374. The van der Waals surface area contributed by atoms with Gasteiger partial charge in [0.25, 0.3) is 0 Å². The fourth-order valence-corrected chi connectivity index (χ4v) is 1.16. The molecule has 1 aliphatic rings. The van der Waals surface area contributed by atoms with Gasteiger partial charge in [0.1, 0.15) is 0 Å². The lowest BCUT2D eigenvalue weighted by Gasteiger charge is -2.26. The van der Waals surface area contributed by atoms with Crippen molar-refractivity contribution in [3.05, 3.63) is 11.4 Å². The molecule has 0 atom stereocenters. The molecule has 0 spiro atoms. The number of nitrogens with zero attached hydrogens (tertiary/aromatic N) is 1. The van der Waals surface area contributed by atoms with Gasteiger partial charge in [-0.05, 0) is 25.3 Å². The first-order valence-corrected chi connectivity index (χ1v) is 3.38. The molecule has 2 heteroatoms. The van der Waals surface area contributed by atoms with Crippen LogP contribution < -0.4 is 5.73 Å². The zero-order valence-electron chi connectivity index (χ0n) is 6.15. The Morgan fingerprint density at radius 1 is 1.56 bits per heavy atom. The van der Waals surface area contributed by atoms with Crippen molar-refractivity contribution in [2.24, 2.45) is 5.73 Å². The Balaban J connectivity index is 2.72. The van der Waals surface area contributed by atoms with E-state index in [9.17, 15) is 0 Å². The highest BCUT2D eigenvalue weighted by Crippen LogP contribution is 2.15. The standard InChI is InChI=1S/C7H14N2/c1-6-4-3-5-9(2)7(6)8/h3-5,8H2,1-2H3.